The van der Waals surface area contributed by atoms with E-state index in [2.05, 4.69) is 10.6 Å². The van der Waals surface area contributed by atoms with Crippen LogP contribution in [0.2, 0.25) is 0 Å². The summed E-state index contributed by atoms with van der Waals surface area (Å²) in [5.41, 5.74) is 10.9. The van der Waals surface area contributed by atoms with Gasteiger partial charge in [-0.05, 0) is 155 Å². The largest absolute Gasteiger partial charge is 0.347 e. The molecule has 0 aromatic heterocycles. The lowest BCUT2D eigenvalue weighted by Crippen LogP contribution is -2.38. The number of rotatable bonds is 8. The van der Waals surface area contributed by atoms with E-state index in [0.29, 0.717) is 21.2 Å². The molecule has 0 atom stereocenters. The van der Waals surface area contributed by atoms with Gasteiger partial charge in [0.2, 0.25) is 14.3 Å². The highest BCUT2D eigenvalue weighted by Crippen LogP contribution is 2.49. The van der Waals surface area contributed by atoms with Crippen LogP contribution >= 0.6 is 14.3 Å². The summed E-state index contributed by atoms with van der Waals surface area (Å²) >= 11 is 0. The SMILES string of the molecule is Cc1cc(C)c(P(=O)(C(=O)NC(C)C)c2c(C)cc(C)cc2C)c(C)c1.Cc1cc(C)c(P(=O)(C(=O)NC(C)C)c2c(C)cc(C)cc2C)c(C)c1. The van der Waals surface area contributed by atoms with Crippen LogP contribution in [0.4, 0.5) is 9.59 Å². The third kappa shape index (κ3) is 8.73. The van der Waals surface area contributed by atoms with Crippen LogP contribution in [0.25, 0.3) is 0 Å². The second kappa shape index (κ2) is 16.5. The average Bonchev–Trinajstić information content (AvgIpc) is 2.94. The fourth-order valence-corrected chi connectivity index (χ4v) is 14.6. The van der Waals surface area contributed by atoms with Crippen molar-refractivity contribution < 1.29 is 18.7 Å². The van der Waals surface area contributed by atoms with E-state index in [0.717, 1.165) is 66.8 Å². The van der Waals surface area contributed by atoms with Crippen molar-refractivity contribution in [1.29, 1.82) is 0 Å². The molecule has 0 aliphatic rings. The van der Waals surface area contributed by atoms with Crippen LogP contribution in [0, 0.1) is 83.1 Å². The van der Waals surface area contributed by atoms with Crippen LogP contribution in [-0.2, 0) is 9.13 Å². The van der Waals surface area contributed by atoms with Crippen molar-refractivity contribution in [3.05, 3.63) is 115 Å². The zero-order chi connectivity index (χ0) is 39.6. The number of hydrogen-bond donors (Lipinski definition) is 2. The minimum Gasteiger partial charge on any atom is -0.347 e. The highest BCUT2D eigenvalue weighted by Gasteiger charge is 2.42. The molecule has 0 saturated heterocycles. The van der Waals surface area contributed by atoms with Crippen LogP contribution in [0.5, 0.6) is 0 Å². The smallest absolute Gasteiger partial charge is 0.287 e. The Morgan fingerprint density at radius 3 is 0.673 bits per heavy atom. The van der Waals surface area contributed by atoms with E-state index in [9.17, 15) is 18.7 Å². The molecule has 0 radical (unpaired) electrons. The normalized spacial score (nSPS) is 11.7. The Morgan fingerprint density at radius 2 is 0.538 bits per heavy atom. The fraction of sp³-hybridized carbons (Fsp3) is 0.409. The summed E-state index contributed by atoms with van der Waals surface area (Å²) in [5.74, 6) is 0. The first kappa shape index (κ1) is 42.7. The van der Waals surface area contributed by atoms with E-state index in [1.165, 1.54) is 0 Å². The second-order valence-electron chi connectivity index (χ2n) is 15.4. The molecule has 6 nitrogen and oxygen atoms in total. The van der Waals surface area contributed by atoms with Gasteiger partial charge >= 0.3 is 0 Å². The van der Waals surface area contributed by atoms with E-state index in [1.807, 2.05) is 159 Å². The van der Waals surface area contributed by atoms with Gasteiger partial charge in [0.25, 0.3) is 11.3 Å². The lowest BCUT2D eigenvalue weighted by molar-refractivity contribution is 0.256. The summed E-state index contributed by atoms with van der Waals surface area (Å²) in [6.07, 6.45) is 0. The molecule has 0 aliphatic heterocycles. The van der Waals surface area contributed by atoms with Crippen LogP contribution < -0.4 is 31.9 Å². The number of hydrogen-bond acceptors (Lipinski definition) is 4. The molecule has 0 aliphatic carbocycles. The predicted molar refractivity (Wildman–Crippen MR) is 224 cm³/mol. The number of amides is 2. The van der Waals surface area contributed by atoms with Crippen molar-refractivity contribution >= 4 is 46.8 Å². The molecule has 2 N–H and O–H groups in total. The van der Waals surface area contributed by atoms with Gasteiger partial charge in [-0.3, -0.25) is 9.59 Å². The van der Waals surface area contributed by atoms with Gasteiger partial charge in [0.05, 0.1) is 0 Å². The zero-order valence-corrected chi connectivity index (χ0v) is 36.1. The fourth-order valence-electron chi connectivity index (χ4n) is 7.98. The van der Waals surface area contributed by atoms with E-state index < -0.39 is 14.3 Å². The number of nitrogens with one attached hydrogen (secondary N) is 2. The van der Waals surface area contributed by atoms with Gasteiger partial charge < -0.3 is 19.8 Å². The third-order valence-corrected chi connectivity index (χ3v) is 15.9. The van der Waals surface area contributed by atoms with Gasteiger partial charge in [-0.25, -0.2) is 0 Å². The first-order valence-corrected chi connectivity index (χ1v) is 21.5. The molecule has 0 unspecified atom stereocenters. The topological polar surface area (TPSA) is 92.3 Å². The van der Waals surface area contributed by atoms with Crippen molar-refractivity contribution in [2.24, 2.45) is 0 Å². The summed E-state index contributed by atoms with van der Waals surface area (Å²) in [4.78, 5) is 26.6. The maximum Gasteiger partial charge on any atom is 0.287 e. The standard InChI is InChI=1S/2C22H30NO2P/c2*1-13(2)23-22(24)26(25,20-16(5)9-14(3)10-17(20)6)21-18(7)11-15(4)12-19(21)8/h2*9-13H,1-8H3,(H,23,24). The maximum absolute atomic E-state index is 14.5. The lowest BCUT2D eigenvalue weighted by atomic mass is 10.1. The Hall–Kier alpha value is -3.72. The minimum absolute atomic E-state index is 0.0760. The number of carbonyl (C=O) groups excluding carboxylic acids is 2. The molecule has 0 heterocycles. The van der Waals surface area contributed by atoms with E-state index in [1.54, 1.807) is 0 Å². The first-order valence-electron chi connectivity index (χ1n) is 18.1. The quantitative estimate of drug-likeness (QED) is 0.176. The molecule has 4 aromatic rings. The van der Waals surface area contributed by atoms with Gasteiger partial charge in [0.1, 0.15) is 0 Å². The summed E-state index contributed by atoms with van der Waals surface area (Å²) in [7, 11) is -7.02. The molecule has 2 amide bonds. The summed E-state index contributed by atoms with van der Waals surface area (Å²) < 4.78 is 29.1. The highest BCUT2D eigenvalue weighted by molar-refractivity contribution is 7.93. The molecule has 52 heavy (non-hydrogen) atoms. The average molecular weight is 743 g/mol. The van der Waals surface area contributed by atoms with Crippen molar-refractivity contribution in [3.8, 4) is 0 Å². The van der Waals surface area contributed by atoms with Gasteiger partial charge in [-0.15, -0.1) is 0 Å². The molecule has 0 spiro atoms. The van der Waals surface area contributed by atoms with E-state index >= 15 is 0 Å². The molecule has 4 aromatic carbocycles. The molecule has 280 valence electrons. The molecule has 0 fully saturated rings. The van der Waals surface area contributed by atoms with Crippen LogP contribution in [0.3, 0.4) is 0 Å². The van der Waals surface area contributed by atoms with Crippen molar-refractivity contribution in [2.45, 2.75) is 123 Å². The molecular formula is C44H60N2O4P2. The number of carbonyl (C=O) groups is 2. The number of benzene rings is 4. The number of aryl methyl sites for hydroxylation is 12. The monoisotopic (exact) mass is 742 g/mol. The predicted octanol–water partition coefficient (Wildman–Crippen LogP) is 9.94. The Labute approximate surface area is 313 Å². The van der Waals surface area contributed by atoms with Crippen LogP contribution in [-0.4, -0.2) is 23.4 Å². The van der Waals surface area contributed by atoms with Gasteiger partial charge in [0.15, 0.2) is 0 Å². The highest BCUT2D eigenvalue weighted by atomic mass is 31.2. The Morgan fingerprint density at radius 1 is 0.385 bits per heavy atom. The van der Waals surface area contributed by atoms with Gasteiger partial charge in [0, 0.05) is 33.3 Å². The maximum atomic E-state index is 14.5. The van der Waals surface area contributed by atoms with Crippen molar-refractivity contribution in [2.75, 3.05) is 0 Å². The molecule has 8 heteroatoms. The third-order valence-electron chi connectivity index (χ3n) is 9.20. The van der Waals surface area contributed by atoms with Gasteiger partial charge in [-0.2, -0.15) is 0 Å². The molecule has 4 rings (SSSR count). The van der Waals surface area contributed by atoms with Crippen molar-refractivity contribution in [3.63, 3.8) is 0 Å². The summed E-state index contributed by atoms with van der Waals surface area (Å²) in [6.45, 7) is 31.2. The van der Waals surface area contributed by atoms with Crippen LogP contribution in [0.1, 0.15) is 94.5 Å². The summed E-state index contributed by atoms with van der Waals surface area (Å²) in [5, 5.41) is 8.54. The van der Waals surface area contributed by atoms with Crippen LogP contribution in [0.15, 0.2) is 48.5 Å². The Bertz CT molecular complexity index is 1760. The van der Waals surface area contributed by atoms with Gasteiger partial charge in [-0.1, -0.05) is 70.8 Å². The zero-order valence-electron chi connectivity index (χ0n) is 34.3. The Balaban J connectivity index is 0.000000280. The minimum atomic E-state index is -3.51. The van der Waals surface area contributed by atoms with Crippen molar-refractivity contribution in [1.82, 2.24) is 10.6 Å². The molecular weight excluding hydrogens is 682 g/mol. The van der Waals surface area contributed by atoms with E-state index in [4.69, 9.17) is 0 Å². The first-order chi connectivity index (χ1) is 24.0. The molecule has 0 saturated carbocycles. The van der Waals surface area contributed by atoms with E-state index in [-0.39, 0.29) is 23.4 Å². The molecule has 0 bridgehead atoms. The summed E-state index contributed by atoms with van der Waals surface area (Å²) in [6, 6.07) is 15.9. The lowest BCUT2D eigenvalue weighted by Gasteiger charge is -2.26. The second-order valence-corrected chi connectivity index (χ2v) is 20.5. The Kier molecular flexibility index (Phi) is 13.6.